The van der Waals surface area contributed by atoms with Crippen LogP contribution in [0.25, 0.3) is 22.3 Å². The van der Waals surface area contributed by atoms with E-state index in [0.717, 1.165) is 6.42 Å². The summed E-state index contributed by atoms with van der Waals surface area (Å²) in [5.74, 6) is -0.0722. The van der Waals surface area contributed by atoms with Crippen LogP contribution in [0, 0.1) is 0 Å². The number of rotatable bonds is 7. The zero-order valence-electron chi connectivity index (χ0n) is 19.6. The van der Waals surface area contributed by atoms with Gasteiger partial charge in [-0.1, -0.05) is 30.8 Å². The molecule has 3 heterocycles. The molecular weight excluding hydrogens is 537 g/mol. The first-order valence-electron chi connectivity index (χ1n) is 11.2. The molecule has 2 aromatic heterocycles. The monoisotopic (exact) mass is 559 g/mol. The van der Waals surface area contributed by atoms with E-state index in [1.165, 1.54) is 41.4 Å². The third-order valence-corrected chi connectivity index (χ3v) is 7.54. The van der Waals surface area contributed by atoms with E-state index in [1.807, 2.05) is 0 Å². The van der Waals surface area contributed by atoms with Crippen LogP contribution in [0.5, 0.6) is 0 Å². The molecule has 1 fully saturated rings. The molecule has 0 bridgehead atoms. The summed E-state index contributed by atoms with van der Waals surface area (Å²) in [6, 6.07) is 5.44. The Morgan fingerprint density at radius 2 is 1.87 bits per heavy atom. The summed E-state index contributed by atoms with van der Waals surface area (Å²) in [6.07, 6.45) is -2.32. The van der Waals surface area contributed by atoms with Gasteiger partial charge in [0.25, 0.3) is 10.0 Å². The maximum atomic E-state index is 13.3. The van der Waals surface area contributed by atoms with Crippen LogP contribution in [0.3, 0.4) is 0 Å². The Balaban J connectivity index is 1.62. The van der Waals surface area contributed by atoms with Crippen molar-refractivity contribution in [3.8, 4) is 11.3 Å². The van der Waals surface area contributed by atoms with E-state index in [4.69, 9.17) is 5.73 Å². The molecule has 1 aliphatic heterocycles. The molecule has 1 saturated heterocycles. The van der Waals surface area contributed by atoms with Crippen LogP contribution >= 0.6 is 0 Å². The topological polar surface area (TPSA) is 136 Å². The van der Waals surface area contributed by atoms with Gasteiger partial charge in [0.05, 0.1) is 11.4 Å². The summed E-state index contributed by atoms with van der Waals surface area (Å²) in [4.78, 5) is 22.1. The average molecular weight is 560 g/mol. The van der Waals surface area contributed by atoms with Crippen LogP contribution < -0.4 is 10.5 Å². The molecule has 38 heavy (non-hydrogen) atoms. The van der Waals surface area contributed by atoms with Crippen molar-refractivity contribution in [2.24, 2.45) is 0 Å². The van der Waals surface area contributed by atoms with Gasteiger partial charge < -0.3 is 10.6 Å². The van der Waals surface area contributed by atoms with Crippen LogP contribution in [0.15, 0.2) is 43.2 Å². The number of benzene rings is 1. The molecule has 0 radical (unpaired) electrons. The first kappa shape index (κ1) is 27.4. The largest absolute Gasteiger partial charge is 0.470 e. The van der Waals surface area contributed by atoms with Crippen molar-refractivity contribution in [2.45, 2.75) is 36.9 Å². The SMILES string of the molecule is C=CC(=O)N1CCCC(n2nc(-c3ccc(CNS(=O)(=O)C(F)(F)C(F)(F)F)cc3)c3c(N)ncnc32)C1. The first-order valence-corrected chi connectivity index (χ1v) is 12.7. The third-order valence-electron chi connectivity index (χ3n) is 6.11. The van der Waals surface area contributed by atoms with Crippen LogP contribution in [0.2, 0.25) is 0 Å². The zero-order chi connectivity index (χ0) is 27.9. The Morgan fingerprint density at radius 1 is 1.18 bits per heavy atom. The standard InChI is InChI=1S/C22H22F5N7O3S/c1-2-16(35)33-9-3-4-15(11-33)34-20-17(19(28)29-12-30-20)18(32-34)14-7-5-13(6-8-14)10-31-38(36,37)22(26,27)21(23,24)25/h2,5-8,12,15,31H,1,3-4,9-11H2,(H2,28,29,30). The smallest absolute Gasteiger partial charge is 0.383 e. The summed E-state index contributed by atoms with van der Waals surface area (Å²) in [5, 5.41) is -0.849. The Kier molecular flexibility index (Phi) is 7.13. The predicted molar refractivity (Wildman–Crippen MR) is 127 cm³/mol. The fourth-order valence-corrected chi connectivity index (χ4v) is 4.98. The predicted octanol–water partition coefficient (Wildman–Crippen LogP) is 3.00. The lowest BCUT2D eigenvalue weighted by atomic mass is 10.1. The number of likely N-dealkylation sites (tertiary alicyclic amines) is 1. The van der Waals surface area contributed by atoms with Gasteiger partial charge in [-0.2, -0.15) is 27.1 Å². The van der Waals surface area contributed by atoms with E-state index in [1.54, 1.807) is 9.58 Å². The van der Waals surface area contributed by atoms with Crippen LogP contribution in [-0.4, -0.2) is 63.5 Å². The number of nitrogens with zero attached hydrogens (tertiary/aromatic N) is 5. The van der Waals surface area contributed by atoms with Crippen molar-refractivity contribution in [2.75, 3.05) is 18.8 Å². The minimum Gasteiger partial charge on any atom is -0.383 e. The lowest BCUT2D eigenvalue weighted by Crippen LogP contribution is -2.49. The molecule has 0 spiro atoms. The number of aromatic nitrogens is 4. The Bertz CT molecular complexity index is 1470. The minimum atomic E-state index is -6.26. The highest BCUT2D eigenvalue weighted by Gasteiger charge is 2.67. The number of sulfonamides is 1. The number of amides is 1. The fraction of sp³-hybridized carbons (Fsp3) is 0.364. The maximum absolute atomic E-state index is 13.3. The van der Waals surface area contributed by atoms with Gasteiger partial charge in [-0.3, -0.25) is 4.79 Å². The summed E-state index contributed by atoms with van der Waals surface area (Å²) in [5.41, 5.74) is 7.52. The Hall–Kier alpha value is -3.66. The number of nitrogen functional groups attached to an aromatic ring is 1. The van der Waals surface area contributed by atoms with Gasteiger partial charge in [0.2, 0.25) is 5.91 Å². The van der Waals surface area contributed by atoms with E-state index >= 15 is 0 Å². The molecule has 3 N–H and O–H groups in total. The van der Waals surface area contributed by atoms with E-state index in [-0.39, 0.29) is 23.3 Å². The normalized spacial score (nSPS) is 17.1. The van der Waals surface area contributed by atoms with Crippen LogP contribution in [-0.2, 0) is 21.4 Å². The molecule has 0 saturated carbocycles. The number of carbonyl (C=O) groups excluding carboxylic acids is 1. The Labute approximate surface area is 213 Å². The quantitative estimate of drug-likeness (QED) is 0.336. The number of halogens is 5. The number of fused-ring (bicyclic) bond motifs is 1. The molecule has 16 heteroatoms. The zero-order valence-corrected chi connectivity index (χ0v) is 20.4. The molecule has 1 aromatic carbocycles. The summed E-state index contributed by atoms with van der Waals surface area (Å²) >= 11 is 0. The first-order chi connectivity index (χ1) is 17.8. The van der Waals surface area contributed by atoms with Gasteiger partial charge in [0, 0.05) is 25.2 Å². The van der Waals surface area contributed by atoms with Gasteiger partial charge in [0.15, 0.2) is 5.65 Å². The van der Waals surface area contributed by atoms with Crippen molar-refractivity contribution in [3.05, 3.63) is 48.8 Å². The minimum absolute atomic E-state index is 0.120. The van der Waals surface area contributed by atoms with Crippen LogP contribution in [0.4, 0.5) is 27.8 Å². The lowest BCUT2D eigenvalue weighted by molar-refractivity contribution is -0.241. The highest BCUT2D eigenvalue weighted by Crippen LogP contribution is 2.39. The van der Waals surface area contributed by atoms with Crippen LogP contribution in [0.1, 0.15) is 24.4 Å². The molecule has 3 aromatic rings. The summed E-state index contributed by atoms with van der Waals surface area (Å²) < 4.78 is 89.9. The Morgan fingerprint density at radius 3 is 2.50 bits per heavy atom. The van der Waals surface area contributed by atoms with Gasteiger partial charge in [-0.25, -0.2) is 27.8 Å². The molecule has 204 valence electrons. The van der Waals surface area contributed by atoms with Gasteiger partial charge in [-0.15, -0.1) is 0 Å². The number of nitrogens with two attached hydrogens (primary N) is 1. The molecular formula is C22H22F5N7O3S. The lowest BCUT2D eigenvalue weighted by Gasteiger charge is -2.32. The van der Waals surface area contributed by atoms with E-state index < -0.39 is 28.0 Å². The number of carbonyl (C=O) groups is 1. The summed E-state index contributed by atoms with van der Waals surface area (Å²) in [6.45, 7) is 3.66. The fourth-order valence-electron chi connectivity index (χ4n) is 4.14. The average Bonchev–Trinajstić information content (AvgIpc) is 3.28. The number of piperidine rings is 1. The third kappa shape index (κ3) is 4.92. The van der Waals surface area contributed by atoms with Crippen molar-refractivity contribution < 1.29 is 35.2 Å². The number of hydrogen-bond acceptors (Lipinski definition) is 7. The van der Waals surface area contributed by atoms with Crippen molar-refractivity contribution in [1.29, 1.82) is 0 Å². The van der Waals surface area contributed by atoms with Gasteiger partial charge >= 0.3 is 11.4 Å². The van der Waals surface area contributed by atoms with E-state index in [0.29, 0.717) is 41.8 Å². The molecule has 1 aliphatic rings. The van der Waals surface area contributed by atoms with Gasteiger partial charge in [-0.05, 0) is 24.5 Å². The van der Waals surface area contributed by atoms with E-state index in [9.17, 15) is 35.2 Å². The number of nitrogens with one attached hydrogen (secondary N) is 1. The summed E-state index contributed by atoms with van der Waals surface area (Å²) in [7, 11) is -6.03. The second-order valence-corrected chi connectivity index (χ2v) is 10.4. The number of alkyl halides is 5. The molecule has 4 rings (SSSR count). The van der Waals surface area contributed by atoms with Crippen molar-refractivity contribution in [3.63, 3.8) is 0 Å². The highest BCUT2D eigenvalue weighted by molar-refractivity contribution is 7.90. The van der Waals surface area contributed by atoms with Crippen molar-refractivity contribution in [1.82, 2.24) is 29.4 Å². The molecule has 1 unspecified atom stereocenters. The molecule has 1 amide bonds. The van der Waals surface area contributed by atoms with Gasteiger partial charge in [0.1, 0.15) is 17.8 Å². The maximum Gasteiger partial charge on any atom is 0.470 e. The molecule has 0 aliphatic carbocycles. The number of hydrogen-bond donors (Lipinski definition) is 2. The second kappa shape index (κ2) is 9.90. The highest BCUT2D eigenvalue weighted by atomic mass is 32.2. The van der Waals surface area contributed by atoms with Crippen molar-refractivity contribution >= 4 is 32.8 Å². The molecule has 10 nitrogen and oxygen atoms in total. The second-order valence-electron chi connectivity index (χ2n) is 8.57. The molecule has 1 atom stereocenters. The number of anilines is 1. The van der Waals surface area contributed by atoms with E-state index in [2.05, 4.69) is 21.6 Å².